The third-order valence-corrected chi connectivity index (χ3v) is 6.31. The summed E-state index contributed by atoms with van der Waals surface area (Å²) in [5.74, 6) is -2.31. The molecule has 0 aromatic rings. The van der Waals surface area contributed by atoms with Crippen LogP contribution >= 0.6 is 0 Å². The number of unbranched alkanes of at least 4 members (excludes halogenated alkanes) is 10. The van der Waals surface area contributed by atoms with Crippen molar-refractivity contribution >= 4 is 17.9 Å². The van der Waals surface area contributed by atoms with E-state index in [1.807, 2.05) is 0 Å². The van der Waals surface area contributed by atoms with E-state index in [9.17, 15) is 14.4 Å². The van der Waals surface area contributed by atoms with Crippen LogP contribution in [0.25, 0.3) is 0 Å². The molecule has 0 rings (SSSR count). The van der Waals surface area contributed by atoms with E-state index >= 15 is 0 Å². The second kappa shape index (κ2) is 20.0. The van der Waals surface area contributed by atoms with Gasteiger partial charge < -0.3 is 19.8 Å². The number of hydrogen-bond donors (Lipinski definition) is 3. The number of rotatable bonds is 24. The molecule has 0 saturated heterocycles. The number of carboxylic acids is 3. The van der Waals surface area contributed by atoms with Gasteiger partial charge in [0.2, 0.25) is 0 Å². The average Bonchev–Trinajstić information content (AvgIpc) is 2.73. The van der Waals surface area contributed by atoms with Crippen LogP contribution in [0, 0.1) is 0 Å². The predicted molar refractivity (Wildman–Crippen MR) is 127 cm³/mol. The van der Waals surface area contributed by atoms with Crippen LogP contribution in [0.3, 0.4) is 0 Å². The van der Waals surface area contributed by atoms with Crippen molar-refractivity contribution in [1.29, 1.82) is 0 Å². The van der Waals surface area contributed by atoms with E-state index in [2.05, 4.69) is 6.92 Å². The minimum absolute atomic E-state index is 0.176. The molecule has 3 N–H and O–H groups in total. The van der Waals surface area contributed by atoms with Crippen LogP contribution in [0.1, 0.15) is 116 Å². The highest BCUT2D eigenvalue weighted by atomic mass is 16.4. The van der Waals surface area contributed by atoms with Crippen molar-refractivity contribution in [3.05, 3.63) is 0 Å². The van der Waals surface area contributed by atoms with Crippen LogP contribution in [0.4, 0.5) is 0 Å². The van der Waals surface area contributed by atoms with Gasteiger partial charge in [-0.15, -0.1) is 0 Å². The van der Waals surface area contributed by atoms with Crippen LogP contribution in [-0.2, 0) is 14.4 Å². The first kappa shape index (κ1) is 30.4. The number of quaternary nitrogens is 1. The minimum atomic E-state index is -0.769. The van der Waals surface area contributed by atoms with Gasteiger partial charge in [0, 0.05) is 19.3 Å². The molecule has 0 aliphatic heterocycles. The van der Waals surface area contributed by atoms with Gasteiger partial charge >= 0.3 is 17.9 Å². The van der Waals surface area contributed by atoms with E-state index in [4.69, 9.17) is 15.3 Å². The molecule has 0 unspecified atom stereocenters. The van der Waals surface area contributed by atoms with Crippen molar-refractivity contribution in [3.63, 3.8) is 0 Å². The molecular weight excluding hydrogens is 410 g/mol. The van der Waals surface area contributed by atoms with Gasteiger partial charge in [0.25, 0.3) is 0 Å². The fourth-order valence-electron chi connectivity index (χ4n) is 4.42. The summed E-state index contributed by atoms with van der Waals surface area (Å²) < 4.78 is 0.870. The van der Waals surface area contributed by atoms with Gasteiger partial charge in [0.15, 0.2) is 0 Å². The highest BCUT2D eigenvalue weighted by molar-refractivity contribution is 5.67. The summed E-state index contributed by atoms with van der Waals surface area (Å²) in [6.45, 7) is 5.92. The normalized spacial score (nSPS) is 11.5. The van der Waals surface area contributed by atoms with E-state index < -0.39 is 17.9 Å². The van der Waals surface area contributed by atoms with Crippen molar-refractivity contribution in [2.24, 2.45) is 0 Å². The first-order valence-electron chi connectivity index (χ1n) is 12.8. The van der Waals surface area contributed by atoms with Crippen molar-refractivity contribution in [2.45, 2.75) is 116 Å². The van der Waals surface area contributed by atoms with Crippen molar-refractivity contribution < 1.29 is 34.2 Å². The maximum atomic E-state index is 10.9. The topological polar surface area (TPSA) is 112 Å². The lowest BCUT2D eigenvalue weighted by atomic mass is 10.1. The molecule has 0 bridgehead atoms. The number of carbonyl (C=O) groups is 3. The summed E-state index contributed by atoms with van der Waals surface area (Å²) in [5, 5.41) is 26.9. The fourth-order valence-corrected chi connectivity index (χ4v) is 4.42. The predicted octanol–water partition coefficient (Wildman–Crippen LogP) is 5.71. The van der Waals surface area contributed by atoms with E-state index in [0.29, 0.717) is 19.3 Å². The SMILES string of the molecule is CCCCCCCCCC[N+](CCCCC(=O)O)(CCCCC(=O)O)CCCCC(=O)O. The third kappa shape index (κ3) is 19.1. The number of carboxylic acid groups (broad SMARTS) is 3. The van der Waals surface area contributed by atoms with Crippen LogP contribution in [0.5, 0.6) is 0 Å². The number of aliphatic carboxylic acids is 3. The molecule has 0 heterocycles. The molecule has 0 aromatic heterocycles. The maximum absolute atomic E-state index is 10.9. The Bertz CT molecular complexity index is 454. The Labute approximate surface area is 194 Å². The third-order valence-electron chi connectivity index (χ3n) is 6.31. The molecule has 0 aliphatic rings. The number of nitrogens with zero attached hydrogens (tertiary/aromatic N) is 1. The number of hydrogen-bond acceptors (Lipinski definition) is 3. The van der Waals surface area contributed by atoms with E-state index in [1.165, 1.54) is 44.9 Å². The van der Waals surface area contributed by atoms with Crippen molar-refractivity contribution in [2.75, 3.05) is 26.2 Å². The van der Waals surface area contributed by atoms with Crippen molar-refractivity contribution in [1.82, 2.24) is 0 Å². The Balaban J connectivity index is 4.81. The minimum Gasteiger partial charge on any atom is -0.481 e. The van der Waals surface area contributed by atoms with Gasteiger partial charge in [0.05, 0.1) is 26.2 Å². The van der Waals surface area contributed by atoms with Gasteiger partial charge in [-0.25, -0.2) is 0 Å². The fraction of sp³-hybridized carbons (Fsp3) is 0.880. The molecule has 0 aliphatic carbocycles. The molecule has 0 fully saturated rings. The Kier molecular flexibility index (Phi) is 19.0. The summed E-state index contributed by atoms with van der Waals surface area (Å²) in [5.41, 5.74) is 0. The molecule has 0 saturated carbocycles. The lowest BCUT2D eigenvalue weighted by molar-refractivity contribution is -0.929. The standard InChI is InChI=1S/C25H47NO6/c1-2-3-4-5-6-7-8-12-19-26(20-13-9-16-23(27)28,21-14-10-17-24(29)30)22-15-11-18-25(31)32/h2-22H2,1H3,(H2-,27,28,29,30,31,32)/p+1. The Morgan fingerprint density at radius 3 is 1.06 bits per heavy atom. The lowest BCUT2D eigenvalue weighted by Gasteiger charge is -2.39. The van der Waals surface area contributed by atoms with Gasteiger partial charge in [-0.2, -0.15) is 0 Å². The molecule has 32 heavy (non-hydrogen) atoms. The quantitative estimate of drug-likeness (QED) is 0.126. The molecule has 0 spiro atoms. The summed E-state index contributed by atoms with van der Waals surface area (Å²) >= 11 is 0. The second-order valence-corrected chi connectivity index (χ2v) is 9.26. The lowest BCUT2D eigenvalue weighted by Crippen LogP contribution is -2.51. The van der Waals surface area contributed by atoms with Crippen LogP contribution in [-0.4, -0.2) is 63.9 Å². The zero-order valence-electron chi connectivity index (χ0n) is 20.4. The van der Waals surface area contributed by atoms with Crippen LogP contribution in [0.2, 0.25) is 0 Å². The molecular formula is C25H48NO6+. The molecule has 0 amide bonds. The van der Waals surface area contributed by atoms with Gasteiger partial charge in [-0.1, -0.05) is 45.4 Å². The van der Waals surface area contributed by atoms with E-state index in [1.54, 1.807) is 0 Å². The van der Waals surface area contributed by atoms with E-state index in [-0.39, 0.29) is 19.3 Å². The highest BCUT2D eigenvalue weighted by Crippen LogP contribution is 2.19. The summed E-state index contributed by atoms with van der Waals surface area (Å²) in [6.07, 6.45) is 15.0. The Morgan fingerprint density at radius 1 is 0.469 bits per heavy atom. The summed E-state index contributed by atoms with van der Waals surface area (Å²) in [6, 6.07) is 0. The molecule has 188 valence electrons. The maximum Gasteiger partial charge on any atom is 0.303 e. The van der Waals surface area contributed by atoms with Gasteiger partial charge in [-0.3, -0.25) is 14.4 Å². The molecule has 0 atom stereocenters. The largest absolute Gasteiger partial charge is 0.481 e. The summed E-state index contributed by atoms with van der Waals surface area (Å²) in [7, 11) is 0. The monoisotopic (exact) mass is 458 g/mol. The molecule has 7 nitrogen and oxygen atoms in total. The smallest absolute Gasteiger partial charge is 0.303 e. The van der Waals surface area contributed by atoms with Gasteiger partial charge in [0.1, 0.15) is 0 Å². The van der Waals surface area contributed by atoms with Gasteiger partial charge in [-0.05, 0) is 51.4 Å². The van der Waals surface area contributed by atoms with Crippen LogP contribution in [0.15, 0.2) is 0 Å². The van der Waals surface area contributed by atoms with Crippen LogP contribution < -0.4 is 0 Å². The average molecular weight is 459 g/mol. The summed E-state index contributed by atoms with van der Waals surface area (Å²) in [4.78, 5) is 32.7. The second-order valence-electron chi connectivity index (χ2n) is 9.26. The molecule has 0 radical (unpaired) electrons. The highest BCUT2D eigenvalue weighted by Gasteiger charge is 2.26. The first-order valence-corrected chi connectivity index (χ1v) is 12.8. The molecule has 0 aromatic carbocycles. The van der Waals surface area contributed by atoms with Crippen molar-refractivity contribution in [3.8, 4) is 0 Å². The Hall–Kier alpha value is -1.63. The zero-order chi connectivity index (χ0) is 24.1. The zero-order valence-corrected chi connectivity index (χ0v) is 20.4. The molecule has 7 heteroatoms. The van der Waals surface area contributed by atoms with E-state index in [0.717, 1.165) is 56.3 Å². The first-order chi connectivity index (χ1) is 15.3. The Morgan fingerprint density at radius 2 is 0.750 bits per heavy atom.